The van der Waals surface area contributed by atoms with Gasteiger partial charge in [-0.1, -0.05) is 23.7 Å². The van der Waals surface area contributed by atoms with Crippen LogP contribution in [-0.4, -0.2) is 26.2 Å². The Kier molecular flexibility index (Phi) is 3.55. The molecular formula is C12H9ClN2O3. The first-order chi connectivity index (χ1) is 8.61. The van der Waals surface area contributed by atoms with Crippen molar-refractivity contribution in [1.82, 2.24) is 9.97 Å². The molecule has 0 radical (unpaired) electrons. The molecule has 1 aromatic heterocycles. The summed E-state index contributed by atoms with van der Waals surface area (Å²) in [6.07, 6.45) is 1.19. The van der Waals surface area contributed by atoms with Crippen molar-refractivity contribution in [3.63, 3.8) is 0 Å². The summed E-state index contributed by atoms with van der Waals surface area (Å²) in [4.78, 5) is 18.4. The van der Waals surface area contributed by atoms with E-state index in [1.807, 2.05) is 0 Å². The van der Waals surface area contributed by atoms with Crippen LogP contribution in [0.1, 0.15) is 16.1 Å². The highest BCUT2D eigenvalue weighted by atomic mass is 35.5. The smallest absolute Gasteiger partial charge is 0.354 e. The summed E-state index contributed by atoms with van der Waals surface area (Å²) in [7, 11) is 0. The fourth-order valence-electron chi connectivity index (χ4n) is 1.47. The van der Waals surface area contributed by atoms with Gasteiger partial charge in [-0.25, -0.2) is 14.8 Å². The number of carboxylic acids is 1. The van der Waals surface area contributed by atoms with Crippen molar-refractivity contribution < 1.29 is 15.0 Å². The molecule has 6 heteroatoms. The number of aromatic carboxylic acids is 1. The Morgan fingerprint density at radius 1 is 1.28 bits per heavy atom. The number of carbonyl (C=O) groups is 1. The first-order valence-corrected chi connectivity index (χ1v) is 5.44. The fraction of sp³-hybridized carbons (Fsp3) is 0.0833. The third kappa shape index (κ3) is 2.47. The van der Waals surface area contributed by atoms with Gasteiger partial charge in [0.2, 0.25) is 0 Å². The van der Waals surface area contributed by atoms with Crippen molar-refractivity contribution in [2.24, 2.45) is 0 Å². The molecular weight excluding hydrogens is 256 g/mol. The van der Waals surface area contributed by atoms with Gasteiger partial charge in [0.05, 0.1) is 12.3 Å². The molecule has 0 bridgehead atoms. The maximum Gasteiger partial charge on any atom is 0.354 e. The van der Waals surface area contributed by atoms with E-state index >= 15 is 0 Å². The van der Waals surface area contributed by atoms with E-state index in [9.17, 15) is 4.79 Å². The summed E-state index contributed by atoms with van der Waals surface area (Å²) in [6.45, 7) is -0.150. The predicted octanol–water partition coefficient (Wildman–Crippen LogP) is 1.99. The van der Waals surface area contributed by atoms with E-state index in [0.717, 1.165) is 0 Å². The van der Waals surface area contributed by atoms with E-state index in [-0.39, 0.29) is 12.3 Å². The van der Waals surface area contributed by atoms with Gasteiger partial charge in [0.15, 0.2) is 5.69 Å². The Balaban J connectivity index is 2.45. The average molecular weight is 265 g/mol. The number of aromatic nitrogens is 2. The molecule has 0 aliphatic heterocycles. The average Bonchev–Trinajstić information content (AvgIpc) is 2.38. The van der Waals surface area contributed by atoms with E-state index in [2.05, 4.69) is 9.97 Å². The highest BCUT2D eigenvalue weighted by molar-refractivity contribution is 6.31. The Hall–Kier alpha value is -1.98. The second kappa shape index (κ2) is 5.12. The van der Waals surface area contributed by atoms with Gasteiger partial charge in [0.25, 0.3) is 0 Å². The van der Waals surface area contributed by atoms with Crippen molar-refractivity contribution in [1.29, 1.82) is 0 Å². The van der Waals surface area contributed by atoms with Crippen LogP contribution < -0.4 is 0 Å². The monoisotopic (exact) mass is 264 g/mol. The van der Waals surface area contributed by atoms with Crippen molar-refractivity contribution in [3.05, 3.63) is 46.9 Å². The number of hydrogen-bond donors (Lipinski definition) is 2. The predicted molar refractivity (Wildman–Crippen MR) is 65.4 cm³/mol. The lowest BCUT2D eigenvalue weighted by atomic mass is 10.1. The quantitative estimate of drug-likeness (QED) is 0.886. The van der Waals surface area contributed by atoms with Crippen LogP contribution in [0.25, 0.3) is 11.3 Å². The molecule has 0 saturated heterocycles. The van der Waals surface area contributed by atoms with Gasteiger partial charge in [-0.05, 0) is 17.7 Å². The van der Waals surface area contributed by atoms with Crippen molar-refractivity contribution in [2.75, 3.05) is 0 Å². The second-order valence-electron chi connectivity index (χ2n) is 3.56. The van der Waals surface area contributed by atoms with Crippen molar-refractivity contribution >= 4 is 17.6 Å². The van der Waals surface area contributed by atoms with E-state index in [1.54, 1.807) is 18.2 Å². The first-order valence-electron chi connectivity index (χ1n) is 5.07. The van der Waals surface area contributed by atoms with Gasteiger partial charge in [0, 0.05) is 10.6 Å². The van der Waals surface area contributed by atoms with Crippen LogP contribution in [0.3, 0.4) is 0 Å². The van der Waals surface area contributed by atoms with Gasteiger partial charge in [-0.3, -0.25) is 0 Å². The van der Waals surface area contributed by atoms with Gasteiger partial charge >= 0.3 is 5.97 Å². The summed E-state index contributed by atoms with van der Waals surface area (Å²) < 4.78 is 0. The summed E-state index contributed by atoms with van der Waals surface area (Å²) in [5.74, 6) is -1.11. The Labute approximate surface area is 108 Å². The van der Waals surface area contributed by atoms with Crippen LogP contribution in [0.15, 0.2) is 30.6 Å². The molecule has 2 rings (SSSR count). The first kappa shape index (κ1) is 12.5. The van der Waals surface area contributed by atoms with Crippen LogP contribution in [0.2, 0.25) is 5.02 Å². The van der Waals surface area contributed by atoms with Crippen LogP contribution in [0.4, 0.5) is 0 Å². The molecule has 0 saturated carbocycles. The normalized spacial score (nSPS) is 10.3. The Morgan fingerprint density at radius 2 is 2.06 bits per heavy atom. The lowest BCUT2D eigenvalue weighted by Gasteiger charge is -2.05. The Morgan fingerprint density at radius 3 is 2.67 bits per heavy atom. The zero-order valence-electron chi connectivity index (χ0n) is 9.17. The molecule has 1 heterocycles. The third-order valence-corrected chi connectivity index (χ3v) is 2.76. The summed E-state index contributed by atoms with van der Waals surface area (Å²) >= 11 is 5.96. The number of benzene rings is 1. The van der Waals surface area contributed by atoms with Crippen molar-refractivity contribution in [2.45, 2.75) is 6.61 Å². The molecule has 92 valence electrons. The molecule has 18 heavy (non-hydrogen) atoms. The molecule has 5 nitrogen and oxygen atoms in total. The number of carboxylic acid groups (broad SMARTS) is 1. The van der Waals surface area contributed by atoms with Gasteiger partial charge in [-0.15, -0.1) is 0 Å². The summed E-state index contributed by atoms with van der Waals surface area (Å²) in [6, 6.07) is 6.37. The van der Waals surface area contributed by atoms with E-state index < -0.39 is 5.97 Å². The zero-order chi connectivity index (χ0) is 13.1. The molecule has 2 aromatic rings. The fourth-order valence-corrected chi connectivity index (χ4v) is 1.71. The van der Waals surface area contributed by atoms with Crippen LogP contribution >= 0.6 is 11.6 Å². The molecule has 1 aromatic carbocycles. The maximum absolute atomic E-state index is 10.8. The van der Waals surface area contributed by atoms with Crippen LogP contribution in [0, 0.1) is 0 Å². The largest absolute Gasteiger partial charge is 0.477 e. The SMILES string of the molecule is O=C(O)c1cc(-c2ccc(CO)c(Cl)c2)ncn1. The van der Waals surface area contributed by atoms with Crippen LogP contribution in [0.5, 0.6) is 0 Å². The van der Waals surface area contributed by atoms with Crippen molar-refractivity contribution in [3.8, 4) is 11.3 Å². The Bertz CT molecular complexity index is 602. The molecule has 0 spiro atoms. The van der Waals surface area contributed by atoms with Gasteiger partial charge in [-0.2, -0.15) is 0 Å². The van der Waals surface area contributed by atoms with Crippen LogP contribution in [-0.2, 0) is 6.61 Å². The summed E-state index contributed by atoms with van der Waals surface area (Å²) in [5, 5.41) is 18.3. The van der Waals surface area contributed by atoms with E-state index in [1.165, 1.54) is 12.4 Å². The molecule has 0 aliphatic carbocycles. The number of aliphatic hydroxyl groups is 1. The number of halogens is 1. The highest BCUT2D eigenvalue weighted by Crippen LogP contribution is 2.24. The number of aliphatic hydroxyl groups excluding tert-OH is 1. The second-order valence-corrected chi connectivity index (χ2v) is 3.97. The molecule has 0 aliphatic rings. The molecule has 0 amide bonds. The van der Waals surface area contributed by atoms with Gasteiger partial charge in [0.1, 0.15) is 6.33 Å². The molecule has 0 atom stereocenters. The lowest BCUT2D eigenvalue weighted by Crippen LogP contribution is -2.01. The number of hydrogen-bond acceptors (Lipinski definition) is 4. The molecule has 0 unspecified atom stereocenters. The highest BCUT2D eigenvalue weighted by Gasteiger charge is 2.09. The molecule has 0 fully saturated rings. The summed E-state index contributed by atoms with van der Waals surface area (Å²) in [5.41, 5.74) is 1.66. The number of nitrogens with zero attached hydrogens (tertiary/aromatic N) is 2. The lowest BCUT2D eigenvalue weighted by molar-refractivity contribution is 0.0690. The van der Waals surface area contributed by atoms with E-state index in [4.69, 9.17) is 21.8 Å². The minimum Gasteiger partial charge on any atom is -0.477 e. The third-order valence-electron chi connectivity index (χ3n) is 2.41. The molecule has 2 N–H and O–H groups in total. The zero-order valence-corrected chi connectivity index (χ0v) is 9.92. The number of rotatable bonds is 3. The topological polar surface area (TPSA) is 83.3 Å². The van der Waals surface area contributed by atoms with E-state index in [0.29, 0.717) is 21.8 Å². The minimum absolute atomic E-state index is 0.0812. The minimum atomic E-state index is -1.11. The van der Waals surface area contributed by atoms with Gasteiger partial charge < -0.3 is 10.2 Å². The maximum atomic E-state index is 10.8. The standard InChI is InChI=1S/C12H9ClN2O3/c13-9-3-7(1-2-8(9)5-16)10-4-11(12(17)18)15-6-14-10/h1-4,6,16H,5H2,(H,17,18).